The first-order valence-electron chi connectivity index (χ1n) is 6.35. The topological polar surface area (TPSA) is 42.7 Å². The molecule has 18 heavy (non-hydrogen) atoms. The van der Waals surface area contributed by atoms with Gasteiger partial charge in [-0.3, -0.25) is 9.67 Å². The number of pyridine rings is 1. The van der Waals surface area contributed by atoms with E-state index in [1.54, 1.807) is 6.20 Å². The maximum absolute atomic E-state index is 4.33. The molecule has 0 aliphatic carbocycles. The van der Waals surface area contributed by atoms with Crippen LogP contribution in [0.4, 0.5) is 0 Å². The third-order valence-electron chi connectivity index (χ3n) is 3.20. The van der Waals surface area contributed by atoms with Crippen molar-refractivity contribution in [3.63, 3.8) is 0 Å². The van der Waals surface area contributed by atoms with Crippen LogP contribution >= 0.6 is 0 Å². The molecule has 2 heterocycles. The Morgan fingerprint density at radius 3 is 2.78 bits per heavy atom. The molecule has 0 aromatic carbocycles. The molecular formula is C14H20N4. The Bertz CT molecular complexity index is 490. The van der Waals surface area contributed by atoms with E-state index in [4.69, 9.17) is 0 Å². The summed E-state index contributed by atoms with van der Waals surface area (Å²) in [6, 6.07) is 4.25. The van der Waals surface area contributed by atoms with E-state index in [0.29, 0.717) is 0 Å². The molecule has 0 spiro atoms. The van der Waals surface area contributed by atoms with Crippen LogP contribution in [-0.4, -0.2) is 21.3 Å². The van der Waals surface area contributed by atoms with E-state index in [9.17, 15) is 0 Å². The van der Waals surface area contributed by atoms with Gasteiger partial charge in [0, 0.05) is 30.7 Å². The molecular weight excluding hydrogens is 224 g/mol. The van der Waals surface area contributed by atoms with Gasteiger partial charge in [-0.25, -0.2) is 0 Å². The smallest absolute Gasteiger partial charge is 0.0625 e. The lowest BCUT2D eigenvalue weighted by molar-refractivity contribution is 0.593. The largest absolute Gasteiger partial charge is 0.306 e. The third kappa shape index (κ3) is 2.59. The van der Waals surface area contributed by atoms with Gasteiger partial charge in [0.1, 0.15) is 0 Å². The van der Waals surface area contributed by atoms with Crippen LogP contribution in [0.2, 0.25) is 0 Å². The highest BCUT2D eigenvalue weighted by molar-refractivity contribution is 5.31. The zero-order valence-corrected chi connectivity index (χ0v) is 11.2. The summed E-state index contributed by atoms with van der Waals surface area (Å²) in [6.45, 7) is 5.25. The second-order valence-electron chi connectivity index (χ2n) is 4.48. The molecule has 1 unspecified atom stereocenters. The third-order valence-corrected chi connectivity index (χ3v) is 3.20. The zero-order chi connectivity index (χ0) is 13.0. The van der Waals surface area contributed by atoms with Crippen molar-refractivity contribution in [1.29, 1.82) is 0 Å². The van der Waals surface area contributed by atoms with Gasteiger partial charge >= 0.3 is 0 Å². The lowest BCUT2D eigenvalue weighted by Gasteiger charge is -2.18. The number of nitrogens with one attached hydrogen (secondary N) is 1. The summed E-state index contributed by atoms with van der Waals surface area (Å²) in [5, 5.41) is 7.89. The molecule has 0 fully saturated rings. The van der Waals surface area contributed by atoms with Crippen molar-refractivity contribution in [3.8, 4) is 0 Å². The molecule has 1 N–H and O–H groups in total. The van der Waals surface area contributed by atoms with E-state index >= 15 is 0 Å². The Morgan fingerprint density at radius 2 is 2.22 bits per heavy atom. The summed E-state index contributed by atoms with van der Waals surface area (Å²) in [6.07, 6.45) is 6.77. The first kappa shape index (κ1) is 12.8. The van der Waals surface area contributed by atoms with Crippen LogP contribution in [0, 0.1) is 6.92 Å². The lowest BCUT2D eigenvalue weighted by Crippen LogP contribution is -2.23. The van der Waals surface area contributed by atoms with E-state index < -0.39 is 0 Å². The normalized spacial score (nSPS) is 12.6. The van der Waals surface area contributed by atoms with E-state index in [1.807, 2.05) is 30.2 Å². The fourth-order valence-corrected chi connectivity index (χ4v) is 2.04. The predicted molar refractivity (Wildman–Crippen MR) is 72.3 cm³/mol. The van der Waals surface area contributed by atoms with Crippen molar-refractivity contribution in [1.82, 2.24) is 20.1 Å². The highest BCUT2D eigenvalue weighted by atomic mass is 15.3. The van der Waals surface area contributed by atoms with Crippen LogP contribution < -0.4 is 5.32 Å². The minimum Gasteiger partial charge on any atom is -0.306 e. The minimum atomic E-state index is 0.173. The van der Waals surface area contributed by atoms with Crippen LogP contribution in [0.1, 0.15) is 36.2 Å². The molecule has 0 aliphatic heterocycles. The summed E-state index contributed by atoms with van der Waals surface area (Å²) < 4.78 is 1.91. The Hall–Kier alpha value is -1.68. The van der Waals surface area contributed by atoms with E-state index in [0.717, 1.165) is 13.0 Å². The molecule has 2 aromatic heterocycles. The predicted octanol–water partition coefficient (Wildman–Crippen LogP) is 2.21. The van der Waals surface area contributed by atoms with Gasteiger partial charge in [-0.1, -0.05) is 13.0 Å². The standard InChI is InChI=1S/C14H20N4/c1-4-7-16-14(12-6-5-8-15-9-12)13-10-17-18(3)11(13)2/h5-6,8-10,14,16H,4,7H2,1-3H3. The second kappa shape index (κ2) is 5.78. The van der Waals surface area contributed by atoms with E-state index in [2.05, 4.69) is 35.3 Å². The molecule has 4 heteroatoms. The van der Waals surface area contributed by atoms with Gasteiger partial charge in [0.25, 0.3) is 0 Å². The molecule has 0 amide bonds. The first-order chi connectivity index (χ1) is 8.74. The molecule has 0 aliphatic rings. The molecule has 2 aromatic rings. The van der Waals surface area contributed by atoms with Gasteiger partial charge in [0.05, 0.1) is 12.2 Å². The highest BCUT2D eigenvalue weighted by Crippen LogP contribution is 2.23. The number of rotatable bonds is 5. The molecule has 1 atom stereocenters. The summed E-state index contributed by atoms with van der Waals surface area (Å²) in [5.41, 5.74) is 3.59. The van der Waals surface area contributed by atoms with Gasteiger partial charge in [-0.05, 0) is 31.5 Å². The van der Waals surface area contributed by atoms with Crippen molar-refractivity contribution < 1.29 is 0 Å². The molecule has 2 rings (SSSR count). The quantitative estimate of drug-likeness (QED) is 0.877. The van der Waals surface area contributed by atoms with Gasteiger partial charge in [0.2, 0.25) is 0 Å². The summed E-state index contributed by atoms with van der Waals surface area (Å²) >= 11 is 0. The number of aryl methyl sites for hydroxylation is 1. The van der Waals surface area contributed by atoms with Gasteiger partial charge in [-0.2, -0.15) is 5.10 Å². The van der Waals surface area contributed by atoms with Crippen LogP contribution in [0.25, 0.3) is 0 Å². The molecule has 0 saturated carbocycles. The average Bonchev–Trinajstić information content (AvgIpc) is 2.73. The first-order valence-corrected chi connectivity index (χ1v) is 6.35. The van der Waals surface area contributed by atoms with Gasteiger partial charge in [-0.15, -0.1) is 0 Å². The van der Waals surface area contributed by atoms with Crippen molar-refractivity contribution in [2.24, 2.45) is 7.05 Å². The Labute approximate surface area is 108 Å². The number of aromatic nitrogens is 3. The maximum atomic E-state index is 4.33. The van der Waals surface area contributed by atoms with E-state index in [-0.39, 0.29) is 6.04 Å². The highest BCUT2D eigenvalue weighted by Gasteiger charge is 2.17. The summed E-state index contributed by atoms with van der Waals surface area (Å²) in [7, 11) is 1.97. The van der Waals surface area contributed by atoms with E-state index in [1.165, 1.54) is 16.8 Å². The fourth-order valence-electron chi connectivity index (χ4n) is 2.04. The van der Waals surface area contributed by atoms with Crippen molar-refractivity contribution >= 4 is 0 Å². The molecule has 0 saturated heterocycles. The van der Waals surface area contributed by atoms with Crippen molar-refractivity contribution in [3.05, 3.63) is 47.5 Å². The maximum Gasteiger partial charge on any atom is 0.0625 e. The van der Waals surface area contributed by atoms with Gasteiger partial charge < -0.3 is 5.32 Å². The lowest BCUT2D eigenvalue weighted by atomic mass is 10.0. The zero-order valence-electron chi connectivity index (χ0n) is 11.2. The van der Waals surface area contributed by atoms with Crippen molar-refractivity contribution in [2.45, 2.75) is 26.3 Å². The van der Waals surface area contributed by atoms with Gasteiger partial charge in [0.15, 0.2) is 0 Å². The van der Waals surface area contributed by atoms with Crippen LogP contribution in [-0.2, 0) is 7.05 Å². The Balaban J connectivity index is 2.34. The fraction of sp³-hybridized carbons (Fsp3) is 0.429. The average molecular weight is 244 g/mol. The molecule has 96 valence electrons. The summed E-state index contributed by atoms with van der Waals surface area (Å²) in [4.78, 5) is 4.21. The molecule has 0 bridgehead atoms. The number of hydrogen-bond donors (Lipinski definition) is 1. The SMILES string of the molecule is CCCNC(c1cccnc1)c1cnn(C)c1C. The molecule has 4 nitrogen and oxygen atoms in total. The number of nitrogens with zero attached hydrogens (tertiary/aromatic N) is 3. The molecule has 0 radical (unpaired) electrons. The monoisotopic (exact) mass is 244 g/mol. The van der Waals surface area contributed by atoms with Crippen LogP contribution in [0.15, 0.2) is 30.7 Å². The van der Waals surface area contributed by atoms with Crippen LogP contribution in [0.5, 0.6) is 0 Å². The number of hydrogen-bond acceptors (Lipinski definition) is 3. The second-order valence-corrected chi connectivity index (χ2v) is 4.48. The Morgan fingerprint density at radius 1 is 1.39 bits per heavy atom. The van der Waals surface area contributed by atoms with Crippen molar-refractivity contribution in [2.75, 3.05) is 6.54 Å². The summed E-state index contributed by atoms with van der Waals surface area (Å²) in [5.74, 6) is 0. The minimum absolute atomic E-state index is 0.173. The Kier molecular flexibility index (Phi) is 4.10. The van der Waals surface area contributed by atoms with Crippen LogP contribution in [0.3, 0.4) is 0 Å².